The maximum atomic E-state index is 2.47. The van der Waals surface area contributed by atoms with Crippen molar-refractivity contribution in [1.82, 2.24) is 4.90 Å². The van der Waals surface area contributed by atoms with Gasteiger partial charge < -0.3 is 4.90 Å². The first-order valence-electron chi connectivity index (χ1n) is 5.09. The van der Waals surface area contributed by atoms with E-state index in [2.05, 4.69) is 24.9 Å². The third kappa shape index (κ3) is 1.20. The molecule has 0 aromatic carbocycles. The van der Waals surface area contributed by atoms with Gasteiger partial charge in [-0.1, -0.05) is 11.6 Å². The summed E-state index contributed by atoms with van der Waals surface area (Å²) in [6.07, 6.45) is 8.01. The van der Waals surface area contributed by atoms with Crippen LogP contribution in [0.25, 0.3) is 0 Å². The summed E-state index contributed by atoms with van der Waals surface area (Å²) in [5.41, 5.74) is 2.26. The second-order valence-corrected chi connectivity index (χ2v) is 4.55. The molecule has 1 nitrogen and oxygen atoms in total. The Morgan fingerprint density at radius 1 is 1.42 bits per heavy atom. The van der Waals surface area contributed by atoms with E-state index in [4.69, 9.17) is 0 Å². The van der Waals surface area contributed by atoms with Crippen LogP contribution in [0.15, 0.2) is 11.6 Å². The van der Waals surface area contributed by atoms with Crippen LogP contribution in [0.1, 0.15) is 32.6 Å². The number of hydrogen-bond donors (Lipinski definition) is 0. The summed E-state index contributed by atoms with van der Waals surface area (Å²) >= 11 is 0. The molecule has 0 radical (unpaired) electrons. The Bertz CT molecular complexity index is 207. The van der Waals surface area contributed by atoms with Crippen molar-refractivity contribution in [3.8, 4) is 0 Å². The number of likely N-dealkylation sites (tertiary alicyclic amines) is 1. The smallest absolute Gasteiger partial charge is 0.00727 e. The van der Waals surface area contributed by atoms with E-state index in [1.165, 1.54) is 38.8 Å². The SMILES string of the molecule is CC1=CCCCC12CCN(C)C2. The molecule has 0 aromatic heterocycles. The highest BCUT2D eigenvalue weighted by Gasteiger charge is 2.38. The molecule has 1 atom stereocenters. The minimum atomic E-state index is 0.590. The molecule has 0 amide bonds. The highest BCUT2D eigenvalue weighted by molar-refractivity contribution is 5.18. The van der Waals surface area contributed by atoms with Crippen molar-refractivity contribution in [2.24, 2.45) is 5.41 Å². The average Bonchev–Trinajstić information content (AvgIpc) is 2.41. The van der Waals surface area contributed by atoms with Crippen molar-refractivity contribution < 1.29 is 0 Å². The van der Waals surface area contributed by atoms with Crippen LogP contribution in [0, 0.1) is 5.41 Å². The minimum Gasteiger partial charge on any atom is -0.305 e. The van der Waals surface area contributed by atoms with Gasteiger partial charge in [-0.05, 0) is 46.2 Å². The first-order chi connectivity index (χ1) is 5.73. The fourth-order valence-electron chi connectivity index (χ4n) is 2.78. The van der Waals surface area contributed by atoms with E-state index in [0.717, 1.165) is 0 Å². The molecule has 68 valence electrons. The molecule has 1 heteroatoms. The summed E-state index contributed by atoms with van der Waals surface area (Å²) in [4.78, 5) is 2.47. The van der Waals surface area contributed by atoms with Gasteiger partial charge in [-0.15, -0.1) is 0 Å². The highest BCUT2D eigenvalue weighted by atomic mass is 15.1. The zero-order valence-corrected chi connectivity index (χ0v) is 8.27. The number of hydrogen-bond acceptors (Lipinski definition) is 1. The van der Waals surface area contributed by atoms with Crippen LogP contribution >= 0.6 is 0 Å². The fourth-order valence-corrected chi connectivity index (χ4v) is 2.78. The van der Waals surface area contributed by atoms with E-state index >= 15 is 0 Å². The average molecular weight is 165 g/mol. The maximum Gasteiger partial charge on any atom is 0.00727 e. The Labute approximate surface area is 75.4 Å². The first kappa shape index (κ1) is 8.31. The number of nitrogens with zero attached hydrogens (tertiary/aromatic N) is 1. The van der Waals surface area contributed by atoms with Gasteiger partial charge in [-0.25, -0.2) is 0 Å². The van der Waals surface area contributed by atoms with Gasteiger partial charge in [0.1, 0.15) is 0 Å². The summed E-state index contributed by atoms with van der Waals surface area (Å²) in [6.45, 7) is 4.93. The molecule has 2 rings (SSSR count). The molecule has 1 heterocycles. The Kier molecular flexibility index (Phi) is 1.99. The van der Waals surface area contributed by atoms with Crippen LogP contribution in [-0.2, 0) is 0 Å². The van der Waals surface area contributed by atoms with E-state index in [0.29, 0.717) is 5.41 Å². The van der Waals surface area contributed by atoms with Gasteiger partial charge >= 0.3 is 0 Å². The summed E-state index contributed by atoms with van der Waals surface area (Å²) in [6, 6.07) is 0. The lowest BCUT2D eigenvalue weighted by molar-refractivity contribution is 0.294. The largest absolute Gasteiger partial charge is 0.305 e. The molecule has 2 aliphatic rings. The van der Waals surface area contributed by atoms with Gasteiger partial charge in [0.2, 0.25) is 0 Å². The quantitative estimate of drug-likeness (QED) is 0.498. The van der Waals surface area contributed by atoms with Crippen molar-refractivity contribution in [3.05, 3.63) is 11.6 Å². The molecule has 1 aliphatic carbocycles. The lowest BCUT2D eigenvalue weighted by Crippen LogP contribution is -2.28. The lowest BCUT2D eigenvalue weighted by Gasteiger charge is -2.33. The maximum absolute atomic E-state index is 2.47. The summed E-state index contributed by atoms with van der Waals surface area (Å²) in [5.74, 6) is 0. The van der Waals surface area contributed by atoms with Crippen LogP contribution in [0.5, 0.6) is 0 Å². The molecular formula is C11H19N. The zero-order chi connectivity index (χ0) is 8.60. The third-order valence-electron chi connectivity index (χ3n) is 3.69. The fraction of sp³-hybridized carbons (Fsp3) is 0.818. The summed E-state index contributed by atoms with van der Waals surface area (Å²) in [5, 5.41) is 0. The van der Waals surface area contributed by atoms with Gasteiger partial charge in [0.05, 0.1) is 0 Å². The molecule has 0 N–H and O–H groups in total. The highest BCUT2D eigenvalue weighted by Crippen LogP contribution is 2.44. The Hall–Kier alpha value is -0.300. The molecule has 1 spiro atoms. The van der Waals surface area contributed by atoms with Gasteiger partial charge in [0.15, 0.2) is 0 Å². The Balaban J connectivity index is 2.19. The standard InChI is InChI=1S/C11H19N/c1-10-5-3-4-6-11(10)7-8-12(2)9-11/h5H,3-4,6-9H2,1-2H3. The Morgan fingerprint density at radius 3 is 2.83 bits per heavy atom. The second-order valence-electron chi connectivity index (χ2n) is 4.55. The summed E-state index contributed by atoms with van der Waals surface area (Å²) < 4.78 is 0. The molecule has 0 aromatic rings. The van der Waals surface area contributed by atoms with E-state index in [1.54, 1.807) is 5.57 Å². The molecular weight excluding hydrogens is 146 g/mol. The second kappa shape index (κ2) is 2.88. The van der Waals surface area contributed by atoms with Crippen molar-refractivity contribution >= 4 is 0 Å². The monoisotopic (exact) mass is 165 g/mol. The number of allylic oxidation sites excluding steroid dienone is 1. The van der Waals surface area contributed by atoms with Crippen molar-refractivity contribution in [3.63, 3.8) is 0 Å². The van der Waals surface area contributed by atoms with E-state index < -0.39 is 0 Å². The van der Waals surface area contributed by atoms with Crippen LogP contribution in [0.3, 0.4) is 0 Å². The van der Waals surface area contributed by atoms with Gasteiger partial charge in [0, 0.05) is 12.0 Å². The predicted octanol–water partition coefficient (Wildman–Crippen LogP) is 2.44. The van der Waals surface area contributed by atoms with Crippen molar-refractivity contribution in [2.45, 2.75) is 32.6 Å². The van der Waals surface area contributed by atoms with Gasteiger partial charge in [-0.2, -0.15) is 0 Å². The molecule has 1 fully saturated rings. The zero-order valence-electron chi connectivity index (χ0n) is 8.27. The molecule has 12 heavy (non-hydrogen) atoms. The molecule has 0 saturated carbocycles. The van der Waals surface area contributed by atoms with E-state index in [1.807, 2.05) is 0 Å². The predicted molar refractivity (Wildman–Crippen MR) is 52.2 cm³/mol. The lowest BCUT2D eigenvalue weighted by atomic mass is 9.72. The van der Waals surface area contributed by atoms with Crippen molar-refractivity contribution in [1.29, 1.82) is 0 Å². The first-order valence-corrected chi connectivity index (χ1v) is 5.09. The Morgan fingerprint density at radius 2 is 2.25 bits per heavy atom. The molecule has 0 bridgehead atoms. The molecule has 1 saturated heterocycles. The van der Waals surface area contributed by atoms with Crippen LogP contribution < -0.4 is 0 Å². The number of rotatable bonds is 0. The minimum absolute atomic E-state index is 0.590. The van der Waals surface area contributed by atoms with E-state index in [9.17, 15) is 0 Å². The van der Waals surface area contributed by atoms with Crippen molar-refractivity contribution in [2.75, 3.05) is 20.1 Å². The van der Waals surface area contributed by atoms with Crippen LogP contribution in [0.4, 0.5) is 0 Å². The van der Waals surface area contributed by atoms with Gasteiger partial charge in [-0.3, -0.25) is 0 Å². The molecule has 1 aliphatic heterocycles. The third-order valence-corrected chi connectivity index (χ3v) is 3.69. The topological polar surface area (TPSA) is 3.24 Å². The van der Waals surface area contributed by atoms with Gasteiger partial charge in [0.25, 0.3) is 0 Å². The van der Waals surface area contributed by atoms with Crippen LogP contribution in [0.2, 0.25) is 0 Å². The normalized spacial score (nSPS) is 37.3. The van der Waals surface area contributed by atoms with Crippen LogP contribution in [-0.4, -0.2) is 25.0 Å². The molecule has 1 unspecified atom stereocenters. The van der Waals surface area contributed by atoms with E-state index in [-0.39, 0.29) is 0 Å². The summed E-state index contributed by atoms with van der Waals surface area (Å²) in [7, 11) is 2.25.